The Morgan fingerprint density at radius 2 is 1.83 bits per heavy atom. The Labute approximate surface area is 178 Å². The number of carbonyl (C=O) groups excluding carboxylic acids is 1. The first kappa shape index (κ1) is 21.3. The quantitative estimate of drug-likeness (QED) is 0.391. The minimum absolute atomic E-state index is 0.125. The molecule has 0 atom stereocenters. The summed E-state index contributed by atoms with van der Waals surface area (Å²) in [7, 11) is -3.82. The molecule has 29 heavy (non-hydrogen) atoms. The van der Waals surface area contributed by atoms with E-state index < -0.39 is 15.9 Å². The average molecular weight is 449 g/mol. The highest BCUT2D eigenvalue weighted by molar-refractivity contribution is 8.01. The Morgan fingerprint density at radius 1 is 1.10 bits per heavy atom. The lowest BCUT2D eigenvalue weighted by molar-refractivity contribution is 0.102. The molecule has 0 radical (unpaired) electrons. The van der Waals surface area contributed by atoms with Crippen LogP contribution < -0.4 is 10.0 Å². The summed E-state index contributed by atoms with van der Waals surface area (Å²) < 4.78 is 28.6. The van der Waals surface area contributed by atoms with Crippen molar-refractivity contribution < 1.29 is 13.2 Å². The molecule has 0 aliphatic heterocycles. The maximum Gasteiger partial charge on any atom is 0.261 e. The number of rotatable bonds is 8. The number of benzene rings is 2. The number of amides is 1. The minimum atomic E-state index is -3.82. The predicted octanol–water partition coefficient (Wildman–Crippen LogP) is 4.40. The number of nitrogens with zero attached hydrogens (tertiary/aromatic N) is 2. The molecular weight excluding hydrogens is 428 g/mol. The van der Waals surface area contributed by atoms with Crippen LogP contribution in [0.3, 0.4) is 0 Å². The van der Waals surface area contributed by atoms with Gasteiger partial charge in [-0.2, -0.15) is 0 Å². The zero-order valence-electron chi connectivity index (χ0n) is 15.9. The molecule has 0 aliphatic rings. The van der Waals surface area contributed by atoms with Crippen LogP contribution in [0.1, 0.15) is 29.3 Å². The number of para-hydroxylation sites is 1. The third-order valence-corrected chi connectivity index (χ3v) is 7.36. The van der Waals surface area contributed by atoms with Crippen molar-refractivity contribution >= 4 is 49.8 Å². The molecule has 2 N–H and O–H groups in total. The standard InChI is InChI=1S/C19H20N4O3S3/c1-3-12-27-19-22-21-18(28-19)20-17(24)15-6-4-5-7-16(15)23-29(25,26)14-10-8-13(2)9-11-14/h4-11,23H,3,12H2,1-2H3,(H,20,21,24). The van der Waals surface area contributed by atoms with Gasteiger partial charge in [0.2, 0.25) is 5.13 Å². The molecule has 2 aromatic carbocycles. The average Bonchev–Trinajstić information content (AvgIpc) is 3.14. The van der Waals surface area contributed by atoms with E-state index in [-0.39, 0.29) is 16.1 Å². The van der Waals surface area contributed by atoms with Crippen LogP contribution >= 0.6 is 23.1 Å². The molecule has 0 aliphatic carbocycles. The molecule has 3 rings (SSSR count). The smallest absolute Gasteiger partial charge is 0.261 e. The van der Waals surface area contributed by atoms with Gasteiger partial charge in [0, 0.05) is 5.75 Å². The Hall–Kier alpha value is -2.43. The lowest BCUT2D eigenvalue weighted by atomic mass is 10.2. The predicted molar refractivity (Wildman–Crippen MR) is 117 cm³/mol. The number of anilines is 2. The van der Waals surface area contributed by atoms with Gasteiger partial charge in [-0.25, -0.2) is 8.42 Å². The molecule has 152 valence electrons. The fraction of sp³-hybridized carbons (Fsp3) is 0.211. The summed E-state index contributed by atoms with van der Waals surface area (Å²) in [6.45, 7) is 3.95. The van der Waals surface area contributed by atoms with E-state index in [0.29, 0.717) is 5.13 Å². The molecule has 3 aromatic rings. The first-order valence-corrected chi connectivity index (χ1v) is 12.1. The van der Waals surface area contributed by atoms with Crippen molar-refractivity contribution in [2.45, 2.75) is 29.5 Å². The Morgan fingerprint density at radius 3 is 2.55 bits per heavy atom. The van der Waals surface area contributed by atoms with Gasteiger partial charge < -0.3 is 0 Å². The van der Waals surface area contributed by atoms with Gasteiger partial charge in [-0.1, -0.05) is 59.9 Å². The molecule has 7 nitrogen and oxygen atoms in total. The van der Waals surface area contributed by atoms with E-state index in [0.717, 1.165) is 22.1 Å². The molecule has 0 unspecified atom stereocenters. The SMILES string of the molecule is CCCSc1nnc(NC(=O)c2ccccc2NS(=O)(=O)c2ccc(C)cc2)s1. The van der Waals surface area contributed by atoms with Gasteiger partial charge in [0.1, 0.15) is 0 Å². The number of aryl methyl sites for hydroxylation is 1. The highest BCUT2D eigenvalue weighted by atomic mass is 32.2. The number of hydrogen-bond donors (Lipinski definition) is 2. The van der Waals surface area contributed by atoms with Crippen molar-refractivity contribution in [3.63, 3.8) is 0 Å². The molecule has 0 spiro atoms. The maximum absolute atomic E-state index is 12.7. The zero-order chi connectivity index (χ0) is 20.9. The van der Waals surface area contributed by atoms with Crippen LogP contribution in [-0.4, -0.2) is 30.3 Å². The van der Waals surface area contributed by atoms with Crippen LogP contribution in [0.25, 0.3) is 0 Å². The van der Waals surface area contributed by atoms with Gasteiger partial charge in [-0.3, -0.25) is 14.8 Å². The number of sulfonamides is 1. The van der Waals surface area contributed by atoms with Gasteiger partial charge in [0.15, 0.2) is 4.34 Å². The van der Waals surface area contributed by atoms with Crippen molar-refractivity contribution in [2.24, 2.45) is 0 Å². The van der Waals surface area contributed by atoms with Gasteiger partial charge in [0.25, 0.3) is 15.9 Å². The van der Waals surface area contributed by atoms with E-state index in [2.05, 4.69) is 27.2 Å². The van der Waals surface area contributed by atoms with E-state index in [1.165, 1.54) is 23.5 Å². The molecule has 1 heterocycles. The maximum atomic E-state index is 12.7. The fourth-order valence-electron chi connectivity index (χ4n) is 2.36. The molecule has 0 saturated carbocycles. The van der Waals surface area contributed by atoms with Crippen LogP contribution in [0.15, 0.2) is 57.8 Å². The number of thioether (sulfide) groups is 1. The summed E-state index contributed by atoms with van der Waals surface area (Å²) in [5.41, 5.74) is 1.34. The largest absolute Gasteiger partial charge is 0.296 e. The van der Waals surface area contributed by atoms with E-state index >= 15 is 0 Å². The molecule has 1 aromatic heterocycles. The van der Waals surface area contributed by atoms with E-state index in [1.54, 1.807) is 48.2 Å². The van der Waals surface area contributed by atoms with Gasteiger partial charge >= 0.3 is 0 Å². The molecule has 1 amide bonds. The summed E-state index contributed by atoms with van der Waals surface area (Å²) in [5.74, 6) is 0.460. The van der Waals surface area contributed by atoms with Crippen molar-refractivity contribution in [3.8, 4) is 0 Å². The second kappa shape index (κ2) is 9.38. The van der Waals surface area contributed by atoms with Crippen LogP contribution in [0.4, 0.5) is 10.8 Å². The molecule has 0 fully saturated rings. The monoisotopic (exact) mass is 448 g/mol. The lowest BCUT2D eigenvalue weighted by Gasteiger charge is -2.12. The Balaban J connectivity index is 1.78. The molecular formula is C19H20N4O3S3. The van der Waals surface area contributed by atoms with E-state index in [4.69, 9.17) is 0 Å². The van der Waals surface area contributed by atoms with Crippen molar-refractivity contribution in [3.05, 3.63) is 59.7 Å². The Bertz CT molecular complexity index is 1100. The summed E-state index contributed by atoms with van der Waals surface area (Å²) in [5, 5.41) is 11.1. The first-order valence-electron chi connectivity index (χ1n) is 8.85. The summed E-state index contributed by atoms with van der Waals surface area (Å²) in [6, 6.07) is 12.9. The Kier molecular flexibility index (Phi) is 6.88. The normalized spacial score (nSPS) is 11.2. The summed E-state index contributed by atoms with van der Waals surface area (Å²) >= 11 is 2.86. The fourth-order valence-corrected chi connectivity index (χ4v) is 5.12. The van der Waals surface area contributed by atoms with Crippen LogP contribution in [0, 0.1) is 6.92 Å². The van der Waals surface area contributed by atoms with Crippen LogP contribution in [0.5, 0.6) is 0 Å². The second-order valence-electron chi connectivity index (χ2n) is 6.14. The molecule has 0 bridgehead atoms. The van der Waals surface area contributed by atoms with E-state index in [1.807, 2.05) is 6.92 Å². The molecule has 10 heteroatoms. The van der Waals surface area contributed by atoms with Crippen LogP contribution in [-0.2, 0) is 10.0 Å². The van der Waals surface area contributed by atoms with Crippen molar-refractivity contribution in [1.29, 1.82) is 0 Å². The number of aromatic nitrogens is 2. The van der Waals surface area contributed by atoms with Crippen molar-refractivity contribution in [1.82, 2.24) is 10.2 Å². The molecule has 0 saturated heterocycles. The van der Waals surface area contributed by atoms with Gasteiger partial charge in [-0.05, 0) is 37.6 Å². The third kappa shape index (κ3) is 5.55. The summed E-state index contributed by atoms with van der Waals surface area (Å²) in [6.07, 6.45) is 1.01. The zero-order valence-corrected chi connectivity index (χ0v) is 18.3. The second-order valence-corrected chi connectivity index (χ2v) is 10.1. The third-order valence-electron chi connectivity index (χ3n) is 3.80. The number of carbonyl (C=O) groups is 1. The minimum Gasteiger partial charge on any atom is -0.296 e. The summed E-state index contributed by atoms with van der Waals surface area (Å²) in [4.78, 5) is 12.8. The lowest BCUT2D eigenvalue weighted by Crippen LogP contribution is -2.18. The van der Waals surface area contributed by atoms with Gasteiger partial charge in [-0.15, -0.1) is 10.2 Å². The van der Waals surface area contributed by atoms with Crippen molar-refractivity contribution in [2.75, 3.05) is 15.8 Å². The number of hydrogen-bond acceptors (Lipinski definition) is 7. The first-order chi connectivity index (χ1) is 13.9. The topological polar surface area (TPSA) is 101 Å². The van der Waals surface area contributed by atoms with E-state index in [9.17, 15) is 13.2 Å². The highest BCUT2D eigenvalue weighted by Crippen LogP contribution is 2.27. The van der Waals surface area contributed by atoms with Gasteiger partial charge in [0.05, 0.1) is 16.1 Å². The highest BCUT2D eigenvalue weighted by Gasteiger charge is 2.19. The van der Waals surface area contributed by atoms with Crippen LogP contribution in [0.2, 0.25) is 0 Å². The number of nitrogens with one attached hydrogen (secondary N) is 2.